The summed E-state index contributed by atoms with van der Waals surface area (Å²) in [7, 11) is -3.65. The van der Waals surface area contributed by atoms with Crippen LogP contribution in [0.4, 0.5) is 0 Å². The molecule has 0 saturated carbocycles. The first-order valence-corrected chi connectivity index (χ1v) is 6.69. The van der Waals surface area contributed by atoms with Crippen molar-refractivity contribution >= 4 is 49.2 Å². The molecule has 0 bridgehead atoms. The van der Waals surface area contributed by atoms with E-state index in [1.54, 1.807) is 6.07 Å². The minimum atomic E-state index is -3.65. The number of nitrogens with zero attached hydrogens (tertiary/aromatic N) is 1. The number of primary sulfonamides is 1. The van der Waals surface area contributed by atoms with E-state index in [2.05, 4.69) is 4.37 Å². The van der Waals surface area contributed by atoms with Crippen molar-refractivity contribution in [1.29, 1.82) is 0 Å². The Morgan fingerprint density at radius 2 is 2.20 bits per heavy atom. The first kappa shape index (κ1) is 10.6. The number of benzene rings is 1. The molecule has 0 amide bonds. The maximum atomic E-state index is 11.1. The van der Waals surface area contributed by atoms with E-state index in [1.165, 1.54) is 29.0 Å². The van der Waals surface area contributed by atoms with E-state index in [1.807, 2.05) is 0 Å². The fraction of sp³-hybridized carbons (Fsp3) is 0. The fourth-order valence-electron chi connectivity index (χ4n) is 1.20. The second-order valence-corrected chi connectivity index (χ2v) is 5.49. The van der Waals surface area contributed by atoms with Crippen LogP contribution in [-0.2, 0) is 10.0 Å². The van der Waals surface area contributed by atoms with E-state index in [0.29, 0.717) is 5.69 Å². The molecule has 0 aliphatic rings. The molecule has 2 aromatic rings. The van der Waals surface area contributed by atoms with Crippen molar-refractivity contribution in [2.24, 2.45) is 5.14 Å². The summed E-state index contributed by atoms with van der Waals surface area (Å²) in [4.78, 5) is 0.0922. The molecular formula is C8H6N2O2S3. The van der Waals surface area contributed by atoms with E-state index in [4.69, 9.17) is 17.4 Å². The third kappa shape index (κ3) is 1.91. The molecule has 1 aromatic heterocycles. The third-order valence-corrected chi connectivity index (χ3v) is 3.87. The Labute approximate surface area is 95.9 Å². The lowest BCUT2D eigenvalue weighted by Gasteiger charge is -1.96. The molecule has 7 heteroatoms. The number of thiocarbonyl (C=S) groups is 1. The van der Waals surface area contributed by atoms with Gasteiger partial charge in [-0.2, -0.15) is 4.37 Å². The molecule has 0 saturated heterocycles. The van der Waals surface area contributed by atoms with Gasteiger partial charge in [0.1, 0.15) is 0 Å². The lowest BCUT2D eigenvalue weighted by Crippen LogP contribution is -2.11. The molecule has 4 nitrogen and oxygen atoms in total. The summed E-state index contributed by atoms with van der Waals surface area (Å²) in [5, 5.41) is 7.33. The number of fused-ring (bicyclic) bond motifs is 1. The standard InChI is InChI=1S/C8H6N2O2S3/c9-15(11,12)5-1-2-6-7(4-13)10-14-8(6)3-5/h1-4H,(H2,9,11,12). The zero-order valence-corrected chi connectivity index (χ0v) is 9.82. The number of hydrogen-bond donors (Lipinski definition) is 1. The van der Waals surface area contributed by atoms with Crippen molar-refractivity contribution in [1.82, 2.24) is 4.37 Å². The SMILES string of the molecule is NS(=O)(=O)c1ccc2c(C=S)nsc2c1. The molecule has 2 N–H and O–H groups in total. The minimum Gasteiger partial charge on any atom is -0.225 e. The quantitative estimate of drug-likeness (QED) is 0.824. The van der Waals surface area contributed by atoms with Gasteiger partial charge in [0.2, 0.25) is 10.0 Å². The maximum absolute atomic E-state index is 11.1. The van der Waals surface area contributed by atoms with Gasteiger partial charge in [-0.1, -0.05) is 12.2 Å². The van der Waals surface area contributed by atoms with Crippen molar-refractivity contribution in [3.63, 3.8) is 0 Å². The highest BCUT2D eigenvalue weighted by Gasteiger charge is 2.10. The van der Waals surface area contributed by atoms with Crippen LogP contribution in [0, 0.1) is 0 Å². The Morgan fingerprint density at radius 3 is 2.80 bits per heavy atom. The second kappa shape index (κ2) is 3.60. The van der Waals surface area contributed by atoms with Crippen LogP contribution in [-0.4, -0.2) is 18.2 Å². The molecular weight excluding hydrogens is 252 g/mol. The summed E-state index contributed by atoms with van der Waals surface area (Å²) in [5.74, 6) is 0. The third-order valence-electron chi connectivity index (χ3n) is 1.91. The van der Waals surface area contributed by atoms with Gasteiger partial charge < -0.3 is 0 Å². The Bertz CT molecular complexity index is 630. The number of aromatic nitrogens is 1. The topological polar surface area (TPSA) is 73.1 Å². The molecule has 0 aliphatic heterocycles. The monoisotopic (exact) mass is 258 g/mol. The lowest BCUT2D eigenvalue weighted by molar-refractivity contribution is 0.598. The van der Waals surface area contributed by atoms with E-state index >= 15 is 0 Å². The summed E-state index contributed by atoms with van der Waals surface area (Å²) in [6, 6.07) is 4.62. The summed E-state index contributed by atoms with van der Waals surface area (Å²) >= 11 is 5.98. The summed E-state index contributed by atoms with van der Waals surface area (Å²) in [6.45, 7) is 0. The Hall–Kier alpha value is -0.890. The molecule has 0 aliphatic carbocycles. The first-order valence-electron chi connectivity index (χ1n) is 3.90. The number of sulfonamides is 1. The second-order valence-electron chi connectivity index (χ2n) is 2.89. The van der Waals surface area contributed by atoms with Crippen LogP contribution in [0.5, 0.6) is 0 Å². The van der Waals surface area contributed by atoms with Gasteiger partial charge in [-0.15, -0.1) is 0 Å². The summed E-state index contributed by atoms with van der Waals surface area (Å²) < 4.78 is 27.0. The van der Waals surface area contributed by atoms with E-state index in [0.717, 1.165) is 10.1 Å². The van der Waals surface area contributed by atoms with E-state index < -0.39 is 10.0 Å². The van der Waals surface area contributed by atoms with Gasteiger partial charge >= 0.3 is 0 Å². The molecule has 0 unspecified atom stereocenters. The Kier molecular flexibility index (Phi) is 2.55. The average molecular weight is 258 g/mol. The number of rotatable bonds is 2. The van der Waals surface area contributed by atoms with Crippen LogP contribution >= 0.6 is 23.8 Å². The van der Waals surface area contributed by atoms with Gasteiger partial charge in [-0.25, -0.2) is 13.6 Å². The van der Waals surface area contributed by atoms with Crippen molar-refractivity contribution in [3.8, 4) is 0 Å². The largest absolute Gasteiger partial charge is 0.238 e. The van der Waals surface area contributed by atoms with Gasteiger partial charge in [-0.05, 0) is 29.7 Å². The smallest absolute Gasteiger partial charge is 0.225 e. The van der Waals surface area contributed by atoms with Crippen molar-refractivity contribution in [2.45, 2.75) is 4.90 Å². The van der Waals surface area contributed by atoms with E-state index in [9.17, 15) is 8.42 Å². The predicted octanol–water partition coefficient (Wildman–Crippen LogP) is 1.29. The lowest BCUT2D eigenvalue weighted by atomic mass is 10.2. The van der Waals surface area contributed by atoms with Crippen LogP contribution < -0.4 is 5.14 Å². The van der Waals surface area contributed by atoms with Gasteiger partial charge in [0.05, 0.1) is 15.3 Å². The van der Waals surface area contributed by atoms with Crippen molar-refractivity contribution < 1.29 is 8.42 Å². The van der Waals surface area contributed by atoms with Crippen LogP contribution in [0.25, 0.3) is 10.1 Å². The van der Waals surface area contributed by atoms with Crippen molar-refractivity contribution in [2.75, 3.05) is 0 Å². The van der Waals surface area contributed by atoms with Crippen LogP contribution in [0.3, 0.4) is 0 Å². The highest BCUT2D eigenvalue weighted by Crippen LogP contribution is 2.24. The van der Waals surface area contributed by atoms with Crippen LogP contribution in [0.1, 0.15) is 5.69 Å². The van der Waals surface area contributed by atoms with Gasteiger partial charge in [0, 0.05) is 10.8 Å². The van der Waals surface area contributed by atoms with E-state index in [-0.39, 0.29) is 4.90 Å². The molecule has 1 heterocycles. The molecule has 15 heavy (non-hydrogen) atoms. The minimum absolute atomic E-state index is 0.0922. The molecule has 78 valence electrons. The number of hydrogen-bond acceptors (Lipinski definition) is 5. The average Bonchev–Trinajstić information content (AvgIpc) is 2.58. The zero-order chi connectivity index (χ0) is 11.1. The molecule has 2 rings (SSSR count). The van der Waals surface area contributed by atoms with Crippen LogP contribution in [0.15, 0.2) is 23.1 Å². The molecule has 0 atom stereocenters. The molecule has 0 radical (unpaired) electrons. The zero-order valence-electron chi connectivity index (χ0n) is 7.38. The summed E-state index contributed by atoms with van der Waals surface area (Å²) in [5.41, 5.74) is 0.686. The van der Waals surface area contributed by atoms with Gasteiger partial charge in [0.25, 0.3) is 0 Å². The Balaban J connectivity index is 2.74. The maximum Gasteiger partial charge on any atom is 0.238 e. The van der Waals surface area contributed by atoms with Gasteiger partial charge in [0.15, 0.2) is 0 Å². The first-order chi connectivity index (χ1) is 7.02. The van der Waals surface area contributed by atoms with Crippen molar-refractivity contribution in [3.05, 3.63) is 23.9 Å². The van der Waals surface area contributed by atoms with Gasteiger partial charge in [-0.3, -0.25) is 0 Å². The van der Waals surface area contributed by atoms with Crippen LogP contribution in [0.2, 0.25) is 0 Å². The highest BCUT2D eigenvalue weighted by molar-refractivity contribution is 7.89. The Morgan fingerprint density at radius 1 is 1.47 bits per heavy atom. The number of nitrogens with two attached hydrogens (primary N) is 1. The normalized spacial score (nSPS) is 11.8. The summed E-state index contributed by atoms with van der Waals surface area (Å²) in [6.07, 6.45) is 0. The predicted molar refractivity (Wildman–Crippen MR) is 63.8 cm³/mol. The molecule has 1 aromatic carbocycles. The molecule has 0 spiro atoms. The highest BCUT2D eigenvalue weighted by atomic mass is 32.2. The fourth-order valence-corrected chi connectivity index (χ4v) is 2.86. The molecule has 0 fully saturated rings.